The molecule has 180 valence electrons. The van der Waals surface area contributed by atoms with Gasteiger partial charge in [0.05, 0.1) is 17.1 Å². The van der Waals surface area contributed by atoms with Crippen LogP contribution >= 0.6 is 0 Å². The smallest absolute Gasteiger partial charge is 0.328 e. The average Bonchev–Trinajstić information content (AvgIpc) is 3.19. The highest BCUT2D eigenvalue weighted by molar-refractivity contribution is 5.94. The molecule has 1 saturated carbocycles. The summed E-state index contributed by atoms with van der Waals surface area (Å²) in [5, 5.41) is 36.8. The molecular formula is C22H29N3O8. The van der Waals surface area contributed by atoms with Crippen molar-refractivity contribution in [3.8, 4) is 0 Å². The number of β-amino-alcohol motifs (C(OH)–C–C–N with tert-alkyl or cyclic N) is 1. The molecule has 2 unspecified atom stereocenters. The van der Waals surface area contributed by atoms with Gasteiger partial charge in [0.15, 0.2) is 0 Å². The molecule has 1 amide bonds. The van der Waals surface area contributed by atoms with Gasteiger partial charge in [-0.1, -0.05) is 19.3 Å². The number of non-ortho nitro benzene ring substituents is 1. The van der Waals surface area contributed by atoms with Crippen molar-refractivity contribution in [3.05, 3.63) is 52.1 Å². The first-order valence-corrected chi connectivity index (χ1v) is 10.7. The zero-order valence-electron chi connectivity index (χ0n) is 18.4. The number of hydrogen-bond acceptors (Lipinski definition) is 7. The Bertz CT molecular complexity index is 864. The van der Waals surface area contributed by atoms with Crippen LogP contribution in [0, 0.1) is 10.1 Å². The normalized spacial score (nSPS) is 21.3. The second-order valence-corrected chi connectivity index (χ2v) is 8.11. The van der Waals surface area contributed by atoms with Crippen LogP contribution in [0.25, 0.3) is 0 Å². The fraction of sp³-hybridized carbons (Fsp3) is 0.500. The molecule has 33 heavy (non-hydrogen) atoms. The number of carboxylic acids is 2. The molecule has 3 N–H and O–H groups in total. The molecule has 3 rings (SSSR count). The van der Waals surface area contributed by atoms with E-state index in [-0.39, 0.29) is 17.6 Å². The topological polar surface area (TPSA) is 162 Å². The van der Waals surface area contributed by atoms with Gasteiger partial charge in [-0.2, -0.15) is 0 Å². The van der Waals surface area contributed by atoms with Crippen LogP contribution in [0.3, 0.4) is 0 Å². The van der Waals surface area contributed by atoms with Crippen LogP contribution in [0.2, 0.25) is 0 Å². The average molecular weight is 463 g/mol. The van der Waals surface area contributed by atoms with E-state index in [4.69, 9.17) is 10.2 Å². The van der Waals surface area contributed by atoms with Crippen molar-refractivity contribution >= 4 is 23.5 Å². The Morgan fingerprint density at radius 1 is 1.03 bits per heavy atom. The summed E-state index contributed by atoms with van der Waals surface area (Å²) in [7, 11) is 1.70. The molecule has 1 aromatic rings. The quantitative estimate of drug-likeness (QED) is 0.324. The second kappa shape index (κ2) is 12.1. The lowest BCUT2D eigenvalue weighted by atomic mass is 9.94. The van der Waals surface area contributed by atoms with Crippen molar-refractivity contribution < 1.29 is 34.6 Å². The first kappa shape index (κ1) is 25.9. The molecule has 2 atom stereocenters. The number of aliphatic carboxylic acids is 2. The summed E-state index contributed by atoms with van der Waals surface area (Å²) in [6.07, 6.45) is 6.64. The fourth-order valence-electron chi connectivity index (χ4n) is 4.15. The van der Waals surface area contributed by atoms with Gasteiger partial charge in [0, 0.05) is 56.0 Å². The lowest BCUT2D eigenvalue weighted by Crippen LogP contribution is -2.44. The maximum absolute atomic E-state index is 12.7. The van der Waals surface area contributed by atoms with Gasteiger partial charge in [0.25, 0.3) is 11.6 Å². The van der Waals surface area contributed by atoms with E-state index in [1.807, 2.05) is 0 Å². The van der Waals surface area contributed by atoms with Gasteiger partial charge in [0.2, 0.25) is 0 Å². The Morgan fingerprint density at radius 3 is 2.06 bits per heavy atom. The third-order valence-corrected chi connectivity index (χ3v) is 5.89. The Balaban J connectivity index is 0.000000414. The summed E-state index contributed by atoms with van der Waals surface area (Å²) in [4.78, 5) is 45.9. The van der Waals surface area contributed by atoms with Gasteiger partial charge >= 0.3 is 11.9 Å². The number of carboxylic acid groups (broad SMARTS) is 2. The standard InChI is InChI=1S/C18H25N3O4.C4H4O4/c1-19(18(23)13-7-9-15(10-8-13)21(24)25)16-11-20(12-17(16)22)14-5-3-2-4-6-14;5-3(6)1-2-4(7)8/h7-10,14,16-17,22H,2-6,11-12H2,1H3;1-2H,(H,5,6)(H,7,8)/b;2-1+. The minimum absolute atomic E-state index is 0.0384. The zero-order valence-corrected chi connectivity index (χ0v) is 18.4. The summed E-state index contributed by atoms with van der Waals surface area (Å²) in [6.45, 7) is 1.29. The number of aliphatic hydroxyl groups excluding tert-OH is 1. The number of carbonyl (C=O) groups excluding carboxylic acids is 1. The number of rotatable bonds is 6. The van der Waals surface area contributed by atoms with E-state index in [1.54, 1.807) is 11.9 Å². The van der Waals surface area contributed by atoms with Crippen LogP contribution < -0.4 is 0 Å². The van der Waals surface area contributed by atoms with Crippen molar-refractivity contribution in [3.63, 3.8) is 0 Å². The Hall–Kier alpha value is -3.31. The van der Waals surface area contributed by atoms with E-state index < -0.39 is 23.0 Å². The molecule has 1 aromatic carbocycles. The second-order valence-electron chi connectivity index (χ2n) is 8.11. The van der Waals surface area contributed by atoms with Crippen molar-refractivity contribution in [2.75, 3.05) is 20.1 Å². The van der Waals surface area contributed by atoms with Crippen LogP contribution in [0.15, 0.2) is 36.4 Å². The number of hydrogen-bond donors (Lipinski definition) is 3. The molecule has 11 nitrogen and oxygen atoms in total. The van der Waals surface area contributed by atoms with Crippen LogP contribution in [0.4, 0.5) is 5.69 Å². The number of nitro benzene ring substituents is 1. The van der Waals surface area contributed by atoms with Crippen LogP contribution in [0.5, 0.6) is 0 Å². The lowest BCUT2D eigenvalue weighted by Gasteiger charge is -2.31. The lowest BCUT2D eigenvalue weighted by molar-refractivity contribution is -0.384. The first-order chi connectivity index (χ1) is 15.6. The minimum atomic E-state index is -1.26. The molecular weight excluding hydrogens is 434 g/mol. The van der Waals surface area contributed by atoms with E-state index in [0.29, 0.717) is 36.8 Å². The molecule has 1 aliphatic heterocycles. The number of amides is 1. The highest BCUT2D eigenvalue weighted by atomic mass is 16.6. The van der Waals surface area contributed by atoms with Crippen LogP contribution in [0.1, 0.15) is 42.5 Å². The largest absolute Gasteiger partial charge is 0.478 e. The SMILES string of the molecule is CN(C(=O)c1ccc([N+](=O)[O-])cc1)C1CN(C2CCCCC2)CC1O.O=C(O)/C=C/C(=O)O. The summed E-state index contributed by atoms with van der Waals surface area (Å²) in [6, 6.07) is 5.87. The van der Waals surface area contributed by atoms with Crippen molar-refractivity contribution in [2.24, 2.45) is 0 Å². The molecule has 1 aliphatic carbocycles. The molecule has 0 bridgehead atoms. The number of aliphatic hydroxyl groups is 1. The van der Waals surface area contributed by atoms with E-state index >= 15 is 0 Å². The zero-order chi connectivity index (χ0) is 24.5. The van der Waals surface area contributed by atoms with Gasteiger partial charge < -0.3 is 20.2 Å². The number of nitro groups is 1. The van der Waals surface area contributed by atoms with Gasteiger partial charge in [-0.3, -0.25) is 19.8 Å². The highest BCUT2D eigenvalue weighted by Crippen LogP contribution is 2.27. The molecule has 0 aromatic heterocycles. The number of benzene rings is 1. The Kier molecular flexibility index (Phi) is 9.49. The minimum Gasteiger partial charge on any atom is -0.478 e. The number of likely N-dealkylation sites (tertiary alicyclic amines) is 1. The van der Waals surface area contributed by atoms with Crippen LogP contribution in [-0.4, -0.2) is 86.2 Å². The van der Waals surface area contributed by atoms with Crippen molar-refractivity contribution in [1.82, 2.24) is 9.80 Å². The van der Waals surface area contributed by atoms with Gasteiger partial charge in [-0.05, 0) is 25.0 Å². The molecule has 0 spiro atoms. The molecule has 11 heteroatoms. The summed E-state index contributed by atoms with van der Waals surface area (Å²) >= 11 is 0. The predicted octanol–water partition coefficient (Wildman–Crippen LogP) is 1.76. The number of carbonyl (C=O) groups is 3. The van der Waals surface area contributed by atoms with Crippen molar-refractivity contribution in [1.29, 1.82) is 0 Å². The molecule has 0 radical (unpaired) electrons. The maximum atomic E-state index is 12.7. The fourth-order valence-corrected chi connectivity index (χ4v) is 4.15. The van der Waals surface area contributed by atoms with Crippen LogP contribution in [-0.2, 0) is 9.59 Å². The Morgan fingerprint density at radius 2 is 1.58 bits per heavy atom. The highest BCUT2D eigenvalue weighted by Gasteiger charge is 2.39. The number of nitrogens with zero attached hydrogens (tertiary/aromatic N) is 3. The monoisotopic (exact) mass is 463 g/mol. The van der Waals surface area contributed by atoms with E-state index in [1.165, 1.54) is 56.4 Å². The molecule has 2 aliphatic rings. The maximum Gasteiger partial charge on any atom is 0.328 e. The third-order valence-electron chi connectivity index (χ3n) is 5.89. The molecule has 2 fully saturated rings. The summed E-state index contributed by atoms with van der Waals surface area (Å²) in [5.41, 5.74) is 0.361. The van der Waals surface area contributed by atoms with Crippen molar-refractivity contribution in [2.45, 2.75) is 50.3 Å². The first-order valence-electron chi connectivity index (χ1n) is 10.7. The van der Waals surface area contributed by atoms with Gasteiger partial charge in [-0.25, -0.2) is 9.59 Å². The Labute approximate surface area is 191 Å². The van der Waals surface area contributed by atoms with Gasteiger partial charge in [-0.15, -0.1) is 0 Å². The summed E-state index contributed by atoms with van der Waals surface area (Å²) < 4.78 is 0. The van der Waals surface area contributed by atoms with E-state index in [9.17, 15) is 29.6 Å². The summed E-state index contributed by atoms with van der Waals surface area (Å²) in [5.74, 6) is -2.73. The molecule has 1 saturated heterocycles. The van der Waals surface area contributed by atoms with E-state index in [0.717, 1.165) is 0 Å². The van der Waals surface area contributed by atoms with E-state index in [2.05, 4.69) is 4.90 Å². The predicted molar refractivity (Wildman–Crippen MR) is 118 cm³/mol. The number of likely N-dealkylation sites (N-methyl/N-ethyl adjacent to an activating group) is 1. The van der Waals surface area contributed by atoms with Gasteiger partial charge in [0.1, 0.15) is 0 Å². The third kappa shape index (κ3) is 7.65. The molecule has 1 heterocycles.